The van der Waals surface area contributed by atoms with Gasteiger partial charge in [-0.2, -0.15) is 0 Å². The summed E-state index contributed by atoms with van der Waals surface area (Å²) in [5.74, 6) is -3.67. The summed E-state index contributed by atoms with van der Waals surface area (Å²) in [6, 6.07) is 3.48. The van der Waals surface area contributed by atoms with Gasteiger partial charge in [0.2, 0.25) is 0 Å². The number of halogens is 4. The molecular formula is C26H28ClF3N4O4S2. The molecule has 1 aromatic heterocycles. The molecule has 0 radical (unpaired) electrons. The highest BCUT2D eigenvalue weighted by molar-refractivity contribution is 7.93. The number of sulfonamides is 1. The second kappa shape index (κ2) is 11.6. The van der Waals surface area contributed by atoms with Gasteiger partial charge in [0.05, 0.1) is 5.51 Å². The fourth-order valence-electron chi connectivity index (χ4n) is 4.07. The highest BCUT2D eigenvalue weighted by atomic mass is 35.5. The first-order valence-corrected chi connectivity index (χ1v) is 15.0. The van der Waals surface area contributed by atoms with Gasteiger partial charge in [0.25, 0.3) is 10.0 Å². The number of rotatable bonds is 8. The standard InChI is InChI=1S/C26H28ClF3N4O4S2/c1-15-21(31-11-16-17(12-33-8-5-9-33)19(28)7-6-18(16)27)10-20(29)24(23(15)30)40(36,37)34(22-13-39-14-32-22)25(35)38-26(2,3)4/h6-7,10,13-14,31H,5,8-9,11-12H2,1-4H3. The molecule has 3 aromatic rings. The monoisotopic (exact) mass is 616 g/mol. The van der Waals surface area contributed by atoms with Crippen LogP contribution in [-0.2, 0) is 27.8 Å². The summed E-state index contributed by atoms with van der Waals surface area (Å²) in [6.45, 7) is 7.71. The molecule has 0 bridgehead atoms. The minimum absolute atomic E-state index is 0.0679. The van der Waals surface area contributed by atoms with Crippen molar-refractivity contribution in [2.75, 3.05) is 22.7 Å². The lowest BCUT2D eigenvalue weighted by Gasteiger charge is -2.31. The Balaban J connectivity index is 1.69. The van der Waals surface area contributed by atoms with Crippen molar-refractivity contribution in [2.24, 2.45) is 0 Å². The number of likely N-dealkylation sites (tertiary alicyclic amines) is 1. The lowest BCUT2D eigenvalue weighted by molar-refractivity contribution is 0.0608. The third kappa shape index (κ3) is 6.22. The van der Waals surface area contributed by atoms with Gasteiger partial charge in [-0.15, -0.1) is 15.6 Å². The summed E-state index contributed by atoms with van der Waals surface area (Å²) < 4.78 is 78.1. The quantitative estimate of drug-likeness (QED) is 0.310. The Hall–Kier alpha value is -2.87. The van der Waals surface area contributed by atoms with Crippen LogP contribution in [0.2, 0.25) is 5.02 Å². The molecule has 2 aromatic carbocycles. The van der Waals surface area contributed by atoms with Crippen LogP contribution in [0.25, 0.3) is 0 Å². The molecule has 1 amide bonds. The Bertz CT molecular complexity index is 1530. The van der Waals surface area contributed by atoms with E-state index in [0.29, 0.717) is 17.7 Å². The molecule has 0 unspecified atom stereocenters. The van der Waals surface area contributed by atoms with Crippen LogP contribution in [0, 0.1) is 24.4 Å². The van der Waals surface area contributed by atoms with Crippen molar-refractivity contribution >= 4 is 50.6 Å². The van der Waals surface area contributed by atoms with Crippen molar-refractivity contribution in [1.29, 1.82) is 0 Å². The van der Waals surface area contributed by atoms with E-state index in [1.807, 2.05) is 4.90 Å². The minimum Gasteiger partial charge on any atom is -0.443 e. The van der Waals surface area contributed by atoms with E-state index < -0.39 is 44.1 Å². The highest BCUT2D eigenvalue weighted by Gasteiger charge is 2.40. The van der Waals surface area contributed by atoms with E-state index in [-0.39, 0.29) is 32.9 Å². The predicted octanol–water partition coefficient (Wildman–Crippen LogP) is 6.47. The Morgan fingerprint density at radius 1 is 1.20 bits per heavy atom. The van der Waals surface area contributed by atoms with E-state index in [1.54, 1.807) is 0 Å². The number of ether oxygens (including phenoxy) is 1. The third-order valence-electron chi connectivity index (χ3n) is 6.21. The Labute approximate surface area is 239 Å². The van der Waals surface area contributed by atoms with Crippen molar-refractivity contribution in [3.8, 4) is 0 Å². The molecule has 40 heavy (non-hydrogen) atoms. The number of amides is 1. The predicted molar refractivity (Wildman–Crippen MR) is 148 cm³/mol. The minimum atomic E-state index is -5.14. The number of thiazole rings is 1. The molecule has 8 nitrogen and oxygen atoms in total. The molecule has 1 fully saturated rings. The van der Waals surface area contributed by atoms with Crippen molar-refractivity contribution < 1.29 is 31.1 Å². The average Bonchev–Trinajstić information content (AvgIpc) is 3.33. The second-order valence-corrected chi connectivity index (χ2v) is 13.1. The van der Waals surface area contributed by atoms with E-state index in [4.69, 9.17) is 16.3 Å². The lowest BCUT2D eigenvalue weighted by Crippen LogP contribution is -2.42. The van der Waals surface area contributed by atoms with Crippen molar-refractivity contribution in [2.45, 2.75) is 57.7 Å². The number of nitrogens with zero attached hydrogens (tertiary/aromatic N) is 3. The topological polar surface area (TPSA) is 91.8 Å². The fraction of sp³-hybridized carbons (Fsp3) is 0.385. The number of anilines is 2. The lowest BCUT2D eigenvalue weighted by atomic mass is 10.0. The van der Waals surface area contributed by atoms with Crippen LogP contribution in [-0.4, -0.2) is 43.1 Å². The Morgan fingerprint density at radius 3 is 2.48 bits per heavy atom. The summed E-state index contributed by atoms with van der Waals surface area (Å²) in [6.07, 6.45) is -0.358. The maximum absolute atomic E-state index is 15.6. The smallest absolute Gasteiger partial charge is 0.430 e. The highest BCUT2D eigenvalue weighted by Crippen LogP contribution is 2.34. The number of nitrogens with one attached hydrogen (secondary N) is 1. The summed E-state index contributed by atoms with van der Waals surface area (Å²) in [5.41, 5.74) is 0.648. The zero-order chi connectivity index (χ0) is 29.4. The molecule has 1 aliphatic rings. The summed E-state index contributed by atoms with van der Waals surface area (Å²) >= 11 is 7.33. The number of carbonyl (C=O) groups excluding carboxylic acids is 1. The van der Waals surface area contributed by atoms with Gasteiger partial charge in [-0.3, -0.25) is 4.90 Å². The van der Waals surface area contributed by atoms with E-state index in [0.717, 1.165) is 36.9 Å². The molecule has 0 aliphatic carbocycles. The van der Waals surface area contributed by atoms with Crippen LogP contribution in [0.3, 0.4) is 0 Å². The normalized spacial score (nSPS) is 14.1. The van der Waals surface area contributed by atoms with E-state index in [9.17, 15) is 17.6 Å². The first-order chi connectivity index (χ1) is 18.7. The van der Waals surface area contributed by atoms with E-state index >= 15 is 8.78 Å². The van der Waals surface area contributed by atoms with E-state index in [2.05, 4.69) is 10.3 Å². The van der Waals surface area contributed by atoms with Crippen LogP contribution < -0.4 is 9.62 Å². The first-order valence-electron chi connectivity index (χ1n) is 12.3. The average molecular weight is 617 g/mol. The first kappa shape index (κ1) is 30.1. The molecule has 1 aliphatic heterocycles. The molecule has 1 N–H and O–H groups in total. The van der Waals surface area contributed by atoms with Gasteiger partial charge in [-0.1, -0.05) is 11.6 Å². The van der Waals surface area contributed by atoms with Gasteiger partial charge < -0.3 is 10.1 Å². The van der Waals surface area contributed by atoms with Gasteiger partial charge in [-0.05, 0) is 71.0 Å². The molecule has 2 heterocycles. The molecule has 0 saturated carbocycles. The third-order valence-corrected chi connectivity index (χ3v) is 8.84. The van der Waals surface area contributed by atoms with Gasteiger partial charge in [0.15, 0.2) is 16.5 Å². The Morgan fingerprint density at radius 2 is 1.90 bits per heavy atom. The molecule has 0 spiro atoms. The number of hydrogen-bond donors (Lipinski definition) is 1. The van der Waals surface area contributed by atoms with Crippen LogP contribution in [0.15, 0.2) is 34.0 Å². The maximum Gasteiger partial charge on any atom is 0.430 e. The largest absolute Gasteiger partial charge is 0.443 e. The summed E-state index contributed by atoms with van der Waals surface area (Å²) in [5, 5.41) is 4.37. The number of carbonyl (C=O) groups is 1. The van der Waals surface area contributed by atoms with E-state index in [1.165, 1.54) is 50.7 Å². The van der Waals surface area contributed by atoms with Gasteiger partial charge in [-0.25, -0.2) is 31.4 Å². The van der Waals surface area contributed by atoms with Gasteiger partial charge in [0, 0.05) is 40.3 Å². The van der Waals surface area contributed by atoms with Crippen LogP contribution in [0.5, 0.6) is 0 Å². The second-order valence-electron chi connectivity index (χ2n) is 10.2. The van der Waals surface area contributed by atoms with Crippen molar-refractivity contribution in [3.63, 3.8) is 0 Å². The number of hydrogen-bond acceptors (Lipinski definition) is 8. The molecule has 4 rings (SSSR count). The maximum atomic E-state index is 15.6. The van der Waals surface area contributed by atoms with Gasteiger partial charge in [0.1, 0.15) is 17.2 Å². The van der Waals surface area contributed by atoms with Crippen LogP contribution in [0.4, 0.5) is 29.5 Å². The van der Waals surface area contributed by atoms with Gasteiger partial charge >= 0.3 is 6.09 Å². The number of benzene rings is 2. The zero-order valence-corrected chi connectivity index (χ0v) is 24.6. The molecule has 1 saturated heterocycles. The summed E-state index contributed by atoms with van der Waals surface area (Å²) in [4.78, 5) is 17.4. The van der Waals surface area contributed by atoms with Crippen LogP contribution >= 0.6 is 22.9 Å². The van der Waals surface area contributed by atoms with Crippen molar-refractivity contribution in [3.05, 3.63) is 68.3 Å². The zero-order valence-electron chi connectivity index (χ0n) is 22.2. The molecule has 14 heteroatoms. The molecular weight excluding hydrogens is 589 g/mol. The fourth-order valence-corrected chi connectivity index (χ4v) is 6.35. The summed E-state index contributed by atoms with van der Waals surface area (Å²) in [7, 11) is -5.14. The Kier molecular flexibility index (Phi) is 8.69. The SMILES string of the molecule is Cc1c(NCc2c(Cl)ccc(F)c2CN2CCC2)cc(F)c(S(=O)(=O)N(C(=O)OC(C)(C)C)c2cscn2)c1F. The molecule has 216 valence electrons. The van der Waals surface area contributed by atoms with Crippen LogP contribution in [0.1, 0.15) is 43.9 Å². The number of aromatic nitrogens is 1. The molecule has 0 atom stereocenters. The van der Waals surface area contributed by atoms with Crippen molar-refractivity contribution in [1.82, 2.24) is 9.88 Å².